The fourth-order valence-electron chi connectivity index (χ4n) is 1.92. The molecule has 1 aromatic carbocycles. The zero-order valence-corrected chi connectivity index (χ0v) is 11.2. The highest BCUT2D eigenvalue weighted by Gasteiger charge is 2.03. The lowest BCUT2D eigenvalue weighted by atomic mass is 10.3. The molecule has 19 heavy (non-hydrogen) atoms. The van der Waals surface area contributed by atoms with Crippen LogP contribution < -0.4 is 5.32 Å². The molecule has 2 N–H and O–H groups in total. The van der Waals surface area contributed by atoms with E-state index in [1.165, 1.54) is 0 Å². The molecule has 2 aromatic heterocycles. The summed E-state index contributed by atoms with van der Waals surface area (Å²) < 4.78 is 0. The minimum absolute atomic E-state index is 0.607. The largest absolute Gasteiger partial charge is 0.378 e. The molecule has 0 bridgehead atoms. The van der Waals surface area contributed by atoms with Crippen molar-refractivity contribution < 1.29 is 0 Å². The number of anilines is 1. The first-order chi connectivity index (χ1) is 9.20. The zero-order chi connectivity index (χ0) is 13.2. The van der Waals surface area contributed by atoms with E-state index < -0.39 is 0 Å². The van der Waals surface area contributed by atoms with Crippen LogP contribution in [0.4, 0.5) is 5.69 Å². The molecule has 5 heteroatoms. The number of aromatic nitrogens is 3. The zero-order valence-electron chi connectivity index (χ0n) is 10.4. The van der Waals surface area contributed by atoms with E-state index in [0.29, 0.717) is 11.6 Å². The molecule has 4 nitrogen and oxygen atoms in total. The van der Waals surface area contributed by atoms with E-state index in [4.69, 9.17) is 11.6 Å². The summed E-state index contributed by atoms with van der Waals surface area (Å²) in [5.74, 6) is 0.855. The normalized spacial score (nSPS) is 10.8. The van der Waals surface area contributed by atoms with Gasteiger partial charge in [-0.05, 0) is 36.8 Å². The SMILES string of the molecule is Cc1cnc2nc(CNc3cccc(Cl)c3)[nH]c2c1. The Morgan fingerprint density at radius 2 is 2.21 bits per heavy atom. The molecule has 0 saturated carbocycles. The van der Waals surface area contributed by atoms with E-state index in [0.717, 1.165) is 28.2 Å². The molecule has 2 heterocycles. The van der Waals surface area contributed by atoms with Crippen LogP contribution in [0.15, 0.2) is 36.5 Å². The third-order valence-corrected chi connectivity index (χ3v) is 3.04. The van der Waals surface area contributed by atoms with Crippen LogP contribution in [-0.2, 0) is 6.54 Å². The number of hydrogen-bond donors (Lipinski definition) is 2. The summed E-state index contributed by atoms with van der Waals surface area (Å²) in [6.07, 6.45) is 1.82. The molecule has 0 aliphatic heterocycles. The van der Waals surface area contributed by atoms with Gasteiger partial charge in [-0.15, -0.1) is 0 Å². The van der Waals surface area contributed by atoms with E-state index >= 15 is 0 Å². The summed E-state index contributed by atoms with van der Waals surface area (Å²) in [5.41, 5.74) is 3.79. The second-order valence-corrected chi connectivity index (χ2v) is 4.87. The average Bonchev–Trinajstić information content (AvgIpc) is 2.78. The van der Waals surface area contributed by atoms with Crippen molar-refractivity contribution in [1.29, 1.82) is 0 Å². The second kappa shape index (κ2) is 4.90. The van der Waals surface area contributed by atoms with Crippen molar-refractivity contribution in [2.75, 3.05) is 5.32 Å². The molecule has 0 radical (unpaired) electrons. The third-order valence-electron chi connectivity index (χ3n) is 2.81. The molecule has 0 aliphatic rings. The first kappa shape index (κ1) is 12.0. The number of halogens is 1. The van der Waals surface area contributed by atoms with Crippen LogP contribution in [0.5, 0.6) is 0 Å². The molecular formula is C14H13ClN4. The number of imidazole rings is 1. The van der Waals surface area contributed by atoms with Gasteiger partial charge in [0.1, 0.15) is 5.82 Å². The van der Waals surface area contributed by atoms with E-state index in [-0.39, 0.29) is 0 Å². The Hall–Kier alpha value is -2.07. The molecular weight excluding hydrogens is 260 g/mol. The van der Waals surface area contributed by atoms with Crippen molar-refractivity contribution in [1.82, 2.24) is 15.0 Å². The summed E-state index contributed by atoms with van der Waals surface area (Å²) in [6, 6.07) is 9.65. The minimum Gasteiger partial charge on any atom is -0.378 e. The smallest absolute Gasteiger partial charge is 0.177 e. The van der Waals surface area contributed by atoms with Crippen molar-refractivity contribution in [3.05, 3.63) is 52.9 Å². The topological polar surface area (TPSA) is 53.6 Å². The van der Waals surface area contributed by atoms with E-state index in [9.17, 15) is 0 Å². The fraction of sp³-hybridized carbons (Fsp3) is 0.143. The van der Waals surface area contributed by atoms with Gasteiger partial charge in [0.05, 0.1) is 12.1 Å². The molecule has 0 atom stereocenters. The van der Waals surface area contributed by atoms with Gasteiger partial charge in [-0.2, -0.15) is 0 Å². The summed E-state index contributed by atoms with van der Waals surface area (Å²) in [7, 11) is 0. The number of rotatable bonds is 3. The third kappa shape index (κ3) is 2.69. The van der Waals surface area contributed by atoms with Crippen LogP contribution in [0.3, 0.4) is 0 Å². The van der Waals surface area contributed by atoms with E-state index in [2.05, 4.69) is 20.3 Å². The van der Waals surface area contributed by atoms with Gasteiger partial charge >= 0.3 is 0 Å². The van der Waals surface area contributed by atoms with Crippen LogP contribution in [0.25, 0.3) is 11.2 Å². The maximum absolute atomic E-state index is 5.93. The Kier molecular flexibility index (Phi) is 3.09. The Bertz CT molecular complexity index is 720. The van der Waals surface area contributed by atoms with Crippen molar-refractivity contribution in [3.8, 4) is 0 Å². The molecule has 0 spiro atoms. The quantitative estimate of drug-likeness (QED) is 0.767. The highest BCUT2D eigenvalue weighted by molar-refractivity contribution is 6.30. The number of nitrogens with zero attached hydrogens (tertiary/aromatic N) is 2. The van der Waals surface area contributed by atoms with Crippen LogP contribution in [0.1, 0.15) is 11.4 Å². The molecule has 0 saturated heterocycles. The van der Waals surface area contributed by atoms with E-state index in [1.807, 2.05) is 43.5 Å². The van der Waals surface area contributed by atoms with Crippen molar-refractivity contribution in [2.24, 2.45) is 0 Å². The van der Waals surface area contributed by atoms with Crippen LogP contribution in [0.2, 0.25) is 5.02 Å². The lowest BCUT2D eigenvalue weighted by Crippen LogP contribution is -2.00. The first-order valence-electron chi connectivity index (χ1n) is 6.01. The van der Waals surface area contributed by atoms with Crippen LogP contribution >= 0.6 is 11.6 Å². The standard InChI is InChI=1S/C14H13ClN4/c1-9-5-12-14(17-7-9)19-13(18-12)8-16-11-4-2-3-10(15)6-11/h2-7,16H,8H2,1H3,(H,17,18,19). The Balaban J connectivity index is 1.78. The number of benzene rings is 1. The number of nitrogens with one attached hydrogen (secondary N) is 2. The van der Waals surface area contributed by atoms with Gasteiger partial charge in [0.15, 0.2) is 5.65 Å². The minimum atomic E-state index is 0.607. The van der Waals surface area contributed by atoms with Gasteiger partial charge in [0.25, 0.3) is 0 Å². The number of aromatic amines is 1. The van der Waals surface area contributed by atoms with Crippen molar-refractivity contribution >= 4 is 28.5 Å². The molecule has 0 amide bonds. The molecule has 0 unspecified atom stereocenters. The Morgan fingerprint density at radius 1 is 1.32 bits per heavy atom. The molecule has 3 aromatic rings. The Morgan fingerprint density at radius 3 is 3.05 bits per heavy atom. The van der Waals surface area contributed by atoms with Gasteiger partial charge in [0.2, 0.25) is 0 Å². The van der Waals surface area contributed by atoms with Gasteiger partial charge in [-0.25, -0.2) is 9.97 Å². The predicted molar refractivity (Wildman–Crippen MR) is 77.4 cm³/mol. The fourth-order valence-corrected chi connectivity index (χ4v) is 2.11. The summed E-state index contributed by atoms with van der Waals surface area (Å²) >= 11 is 5.93. The summed E-state index contributed by atoms with van der Waals surface area (Å²) in [6.45, 7) is 2.62. The number of aryl methyl sites for hydroxylation is 1. The lowest BCUT2D eigenvalue weighted by molar-refractivity contribution is 1.01. The second-order valence-electron chi connectivity index (χ2n) is 4.43. The summed E-state index contributed by atoms with van der Waals surface area (Å²) in [4.78, 5) is 12.0. The lowest BCUT2D eigenvalue weighted by Gasteiger charge is -2.03. The number of hydrogen-bond acceptors (Lipinski definition) is 3. The maximum atomic E-state index is 5.93. The maximum Gasteiger partial charge on any atom is 0.177 e. The van der Waals surface area contributed by atoms with Gasteiger partial charge in [-0.1, -0.05) is 17.7 Å². The molecule has 3 rings (SSSR count). The molecule has 0 aliphatic carbocycles. The molecule has 96 valence electrons. The predicted octanol–water partition coefficient (Wildman–Crippen LogP) is 3.53. The van der Waals surface area contributed by atoms with Gasteiger partial charge < -0.3 is 10.3 Å². The van der Waals surface area contributed by atoms with Gasteiger partial charge in [0, 0.05) is 16.9 Å². The average molecular weight is 273 g/mol. The monoisotopic (exact) mass is 272 g/mol. The number of fused-ring (bicyclic) bond motifs is 1. The number of H-pyrrole nitrogens is 1. The Labute approximate surface area is 115 Å². The van der Waals surface area contributed by atoms with Crippen molar-refractivity contribution in [2.45, 2.75) is 13.5 Å². The molecule has 0 fully saturated rings. The number of pyridine rings is 1. The summed E-state index contributed by atoms with van der Waals surface area (Å²) in [5, 5.41) is 3.99. The van der Waals surface area contributed by atoms with Crippen LogP contribution in [-0.4, -0.2) is 15.0 Å². The van der Waals surface area contributed by atoms with Crippen LogP contribution in [0, 0.1) is 6.92 Å². The van der Waals surface area contributed by atoms with E-state index in [1.54, 1.807) is 0 Å². The van der Waals surface area contributed by atoms with Crippen molar-refractivity contribution in [3.63, 3.8) is 0 Å². The first-order valence-corrected chi connectivity index (χ1v) is 6.39. The highest BCUT2D eigenvalue weighted by atomic mass is 35.5. The van der Waals surface area contributed by atoms with Gasteiger partial charge in [-0.3, -0.25) is 0 Å². The highest BCUT2D eigenvalue weighted by Crippen LogP contribution is 2.16.